The minimum absolute atomic E-state index is 0.586. The Hall–Kier alpha value is -6.59. The second-order valence-corrected chi connectivity index (χ2v) is 11.4. The van der Waals surface area contributed by atoms with E-state index in [0.29, 0.717) is 17.5 Å². The van der Waals surface area contributed by atoms with Gasteiger partial charge >= 0.3 is 0 Å². The van der Waals surface area contributed by atoms with Crippen molar-refractivity contribution in [1.29, 1.82) is 0 Å². The molecule has 226 valence electrons. The van der Waals surface area contributed by atoms with Gasteiger partial charge in [-0.25, -0.2) is 15.0 Å². The lowest BCUT2D eigenvalue weighted by Crippen LogP contribution is -2.00. The predicted octanol–water partition coefficient (Wildman–Crippen LogP) is 10.3. The van der Waals surface area contributed by atoms with Crippen LogP contribution in [0.5, 0.6) is 0 Å². The molecule has 0 N–H and O–H groups in total. The Morgan fingerprint density at radius 1 is 0.250 bits per heavy atom. The second kappa shape index (κ2) is 13.0. The predicted molar refractivity (Wildman–Crippen MR) is 193 cm³/mol. The van der Waals surface area contributed by atoms with E-state index in [9.17, 15) is 0 Å². The fourth-order valence-electron chi connectivity index (χ4n) is 5.93. The van der Waals surface area contributed by atoms with Gasteiger partial charge in [-0.1, -0.05) is 103 Å². The molecule has 0 atom stereocenters. The average Bonchev–Trinajstić information content (AvgIpc) is 3.19. The summed E-state index contributed by atoms with van der Waals surface area (Å²) in [5.74, 6) is 1.76. The molecule has 0 amide bonds. The van der Waals surface area contributed by atoms with Gasteiger partial charge in [0.1, 0.15) is 0 Å². The quantitative estimate of drug-likeness (QED) is 0.178. The van der Waals surface area contributed by atoms with E-state index in [4.69, 9.17) is 15.0 Å². The molecule has 0 radical (unpaired) electrons. The number of hydrogen-bond donors (Lipinski definition) is 0. The maximum atomic E-state index is 4.98. The Kier molecular flexibility index (Phi) is 7.83. The molecule has 8 rings (SSSR count). The van der Waals surface area contributed by atoms with Crippen LogP contribution in [0.25, 0.3) is 78.7 Å². The van der Waals surface area contributed by atoms with E-state index in [1.807, 2.05) is 30.3 Å². The van der Waals surface area contributed by atoms with E-state index in [2.05, 4.69) is 131 Å². The topological polar surface area (TPSA) is 64.5 Å². The van der Waals surface area contributed by atoms with E-state index in [1.165, 1.54) is 11.1 Å². The first-order valence-electron chi connectivity index (χ1n) is 15.8. The molecule has 3 aromatic heterocycles. The highest BCUT2D eigenvalue weighted by atomic mass is 15.0. The summed E-state index contributed by atoms with van der Waals surface area (Å²) >= 11 is 0. The number of rotatable bonds is 7. The van der Waals surface area contributed by atoms with Crippen molar-refractivity contribution in [2.75, 3.05) is 0 Å². The molecule has 0 aliphatic heterocycles. The third-order valence-electron chi connectivity index (χ3n) is 8.33. The van der Waals surface area contributed by atoms with Gasteiger partial charge in [-0.2, -0.15) is 0 Å². The van der Waals surface area contributed by atoms with Gasteiger partial charge in [-0.3, -0.25) is 9.97 Å². The van der Waals surface area contributed by atoms with Crippen LogP contribution in [0, 0.1) is 0 Å². The number of pyridine rings is 2. The van der Waals surface area contributed by atoms with Crippen LogP contribution in [0.3, 0.4) is 0 Å². The highest BCUT2D eigenvalue weighted by Crippen LogP contribution is 2.39. The molecule has 5 heteroatoms. The molecular formula is C43H29N5. The summed E-state index contributed by atoms with van der Waals surface area (Å²) in [7, 11) is 0. The van der Waals surface area contributed by atoms with Crippen molar-refractivity contribution in [1.82, 2.24) is 24.9 Å². The molecule has 0 saturated carbocycles. The van der Waals surface area contributed by atoms with E-state index >= 15 is 0 Å². The highest BCUT2D eigenvalue weighted by Gasteiger charge is 2.17. The standard InChI is InChI=1S/C43H29N5/c1-4-10-30(11-5-1)36-26-37(31-12-6-2-7-13-31)28-38(27-36)39-17-16-35(29-40(39)32-14-8-3-9-15-32)43-47-41(33-18-22-44-23-19-33)46-42(48-43)34-20-24-45-25-21-34/h1-29H. The maximum Gasteiger partial charge on any atom is 0.164 e. The number of hydrogen-bond acceptors (Lipinski definition) is 5. The minimum Gasteiger partial charge on any atom is -0.265 e. The summed E-state index contributed by atoms with van der Waals surface area (Å²) < 4.78 is 0. The van der Waals surface area contributed by atoms with Gasteiger partial charge in [0.05, 0.1) is 0 Å². The summed E-state index contributed by atoms with van der Waals surface area (Å²) in [6, 6.07) is 52.6. The Morgan fingerprint density at radius 3 is 1.15 bits per heavy atom. The zero-order chi connectivity index (χ0) is 32.1. The van der Waals surface area contributed by atoms with Crippen LogP contribution in [-0.4, -0.2) is 24.9 Å². The molecule has 0 saturated heterocycles. The largest absolute Gasteiger partial charge is 0.265 e. The van der Waals surface area contributed by atoms with Gasteiger partial charge in [0.15, 0.2) is 17.5 Å². The molecule has 5 nitrogen and oxygen atoms in total. The Labute approximate surface area is 279 Å². The first kappa shape index (κ1) is 28.9. The lowest BCUT2D eigenvalue weighted by molar-refractivity contribution is 1.07. The summed E-state index contributed by atoms with van der Waals surface area (Å²) in [6.45, 7) is 0. The smallest absolute Gasteiger partial charge is 0.164 e. The molecule has 3 heterocycles. The van der Waals surface area contributed by atoms with Crippen molar-refractivity contribution in [3.8, 4) is 78.7 Å². The third kappa shape index (κ3) is 6.00. The van der Waals surface area contributed by atoms with E-state index in [0.717, 1.165) is 50.1 Å². The first-order valence-corrected chi connectivity index (χ1v) is 15.8. The summed E-state index contributed by atoms with van der Waals surface area (Å²) in [6.07, 6.45) is 7.00. The van der Waals surface area contributed by atoms with Gasteiger partial charge in [0.2, 0.25) is 0 Å². The van der Waals surface area contributed by atoms with Gasteiger partial charge in [0.25, 0.3) is 0 Å². The monoisotopic (exact) mass is 615 g/mol. The van der Waals surface area contributed by atoms with E-state index in [-0.39, 0.29) is 0 Å². The van der Waals surface area contributed by atoms with Crippen molar-refractivity contribution < 1.29 is 0 Å². The van der Waals surface area contributed by atoms with Crippen LogP contribution >= 0.6 is 0 Å². The van der Waals surface area contributed by atoms with Gasteiger partial charge < -0.3 is 0 Å². The summed E-state index contributed by atoms with van der Waals surface area (Å²) in [5, 5.41) is 0. The zero-order valence-electron chi connectivity index (χ0n) is 26.0. The van der Waals surface area contributed by atoms with Crippen LogP contribution in [0.4, 0.5) is 0 Å². The fourth-order valence-corrected chi connectivity index (χ4v) is 5.93. The first-order chi connectivity index (χ1) is 23.8. The molecule has 0 spiro atoms. The Morgan fingerprint density at radius 2 is 0.667 bits per heavy atom. The lowest BCUT2D eigenvalue weighted by Gasteiger charge is -2.16. The van der Waals surface area contributed by atoms with E-state index < -0.39 is 0 Å². The molecule has 0 aliphatic carbocycles. The van der Waals surface area contributed by atoms with Crippen molar-refractivity contribution in [3.05, 3.63) is 176 Å². The molecule has 5 aromatic carbocycles. The Bertz CT molecular complexity index is 2190. The second-order valence-electron chi connectivity index (χ2n) is 11.4. The number of nitrogens with zero attached hydrogens (tertiary/aromatic N) is 5. The van der Waals surface area contributed by atoms with Crippen molar-refractivity contribution >= 4 is 0 Å². The van der Waals surface area contributed by atoms with Crippen LogP contribution in [0.1, 0.15) is 0 Å². The molecule has 0 fully saturated rings. The van der Waals surface area contributed by atoms with E-state index in [1.54, 1.807) is 24.8 Å². The van der Waals surface area contributed by atoms with Crippen LogP contribution in [0.15, 0.2) is 176 Å². The van der Waals surface area contributed by atoms with Gasteiger partial charge in [-0.05, 0) is 93.0 Å². The lowest BCUT2D eigenvalue weighted by atomic mass is 9.88. The maximum absolute atomic E-state index is 4.98. The van der Waals surface area contributed by atoms with Crippen LogP contribution in [0.2, 0.25) is 0 Å². The number of benzene rings is 5. The molecule has 8 aromatic rings. The molecule has 0 unspecified atom stereocenters. The fraction of sp³-hybridized carbons (Fsp3) is 0. The van der Waals surface area contributed by atoms with Crippen LogP contribution in [-0.2, 0) is 0 Å². The summed E-state index contributed by atoms with van der Waals surface area (Å²) in [5.41, 5.74) is 11.8. The molecular weight excluding hydrogens is 587 g/mol. The van der Waals surface area contributed by atoms with Crippen molar-refractivity contribution in [2.45, 2.75) is 0 Å². The van der Waals surface area contributed by atoms with Gasteiger partial charge in [0, 0.05) is 41.5 Å². The molecule has 48 heavy (non-hydrogen) atoms. The minimum atomic E-state index is 0.586. The van der Waals surface area contributed by atoms with Gasteiger partial charge in [-0.15, -0.1) is 0 Å². The molecule has 0 aliphatic rings. The third-order valence-corrected chi connectivity index (χ3v) is 8.33. The number of aromatic nitrogens is 5. The van der Waals surface area contributed by atoms with Crippen molar-refractivity contribution in [2.24, 2.45) is 0 Å². The summed E-state index contributed by atoms with van der Waals surface area (Å²) in [4.78, 5) is 23.2. The normalized spacial score (nSPS) is 10.9. The van der Waals surface area contributed by atoms with Crippen molar-refractivity contribution in [3.63, 3.8) is 0 Å². The SMILES string of the molecule is c1ccc(-c2cc(-c3ccccc3)cc(-c3ccc(-c4nc(-c5ccncc5)nc(-c5ccncc5)n4)cc3-c3ccccc3)c2)cc1. The average molecular weight is 616 g/mol. The van der Waals surface area contributed by atoms with Crippen LogP contribution < -0.4 is 0 Å². The highest BCUT2D eigenvalue weighted by molar-refractivity contribution is 5.90. The zero-order valence-corrected chi connectivity index (χ0v) is 26.0. The molecule has 0 bridgehead atoms. The Balaban J connectivity index is 1.33.